The van der Waals surface area contributed by atoms with Crippen molar-refractivity contribution in [3.63, 3.8) is 0 Å². The molecule has 0 aromatic heterocycles. The van der Waals surface area contributed by atoms with Crippen molar-refractivity contribution in [2.24, 2.45) is 0 Å². The summed E-state index contributed by atoms with van der Waals surface area (Å²) >= 11 is 5.63. The van der Waals surface area contributed by atoms with Crippen molar-refractivity contribution in [2.75, 3.05) is 0 Å². The van der Waals surface area contributed by atoms with Crippen LogP contribution in [0.5, 0.6) is 5.75 Å². The van der Waals surface area contributed by atoms with Gasteiger partial charge in [0.15, 0.2) is 11.6 Å². The first kappa shape index (κ1) is 13.4. The number of rotatable bonds is 4. The third kappa shape index (κ3) is 3.23. The molecule has 0 saturated heterocycles. The van der Waals surface area contributed by atoms with Gasteiger partial charge in [0, 0.05) is 0 Å². The highest BCUT2D eigenvalue weighted by Crippen LogP contribution is 2.24. The van der Waals surface area contributed by atoms with E-state index in [1.165, 1.54) is 24.3 Å². The molecule has 2 aromatic rings. The molecule has 3 nitrogen and oxygen atoms in total. The average molecular weight is 281 g/mol. The van der Waals surface area contributed by atoms with Gasteiger partial charge < -0.3 is 9.84 Å². The van der Waals surface area contributed by atoms with Crippen LogP contribution in [0.1, 0.15) is 15.9 Å². The second kappa shape index (κ2) is 5.71. The lowest BCUT2D eigenvalue weighted by molar-refractivity contribution is 0.0697. The van der Waals surface area contributed by atoms with Crippen LogP contribution < -0.4 is 4.74 Å². The van der Waals surface area contributed by atoms with Crippen molar-refractivity contribution in [1.29, 1.82) is 0 Å². The van der Waals surface area contributed by atoms with Crippen LogP contribution in [-0.2, 0) is 6.61 Å². The summed E-state index contributed by atoms with van der Waals surface area (Å²) in [5, 5.41) is 8.75. The molecule has 0 radical (unpaired) electrons. The van der Waals surface area contributed by atoms with Crippen molar-refractivity contribution in [3.05, 3.63) is 64.4 Å². The van der Waals surface area contributed by atoms with E-state index in [1.54, 1.807) is 18.2 Å². The Morgan fingerprint density at radius 3 is 2.53 bits per heavy atom. The van der Waals surface area contributed by atoms with E-state index in [4.69, 9.17) is 21.4 Å². The van der Waals surface area contributed by atoms with Crippen LogP contribution in [0.25, 0.3) is 0 Å². The normalized spacial score (nSPS) is 10.2. The zero-order valence-electron chi connectivity index (χ0n) is 9.77. The maximum Gasteiger partial charge on any atom is 0.335 e. The highest BCUT2D eigenvalue weighted by Gasteiger charge is 2.07. The maximum absolute atomic E-state index is 13.5. The number of hydrogen-bond donors (Lipinski definition) is 1. The molecule has 0 aliphatic rings. The summed E-state index contributed by atoms with van der Waals surface area (Å²) in [4.78, 5) is 10.7. The molecule has 19 heavy (non-hydrogen) atoms. The fraction of sp³-hybridized carbons (Fsp3) is 0.0714. The van der Waals surface area contributed by atoms with Crippen LogP contribution in [0.4, 0.5) is 4.39 Å². The molecule has 0 aliphatic carbocycles. The molecule has 0 atom stereocenters. The Bertz CT molecular complexity index is 596. The van der Waals surface area contributed by atoms with Crippen LogP contribution in [-0.4, -0.2) is 11.1 Å². The van der Waals surface area contributed by atoms with E-state index in [-0.39, 0.29) is 22.9 Å². The molecular formula is C14H10ClFO3. The molecule has 2 aromatic carbocycles. The third-order valence-electron chi connectivity index (χ3n) is 2.51. The van der Waals surface area contributed by atoms with Gasteiger partial charge in [-0.1, -0.05) is 29.8 Å². The number of hydrogen-bond acceptors (Lipinski definition) is 2. The summed E-state index contributed by atoms with van der Waals surface area (Å²) in [6.07, 6.45) is 0. The monoisotopic (exact) mass is 280 g/mol. The fourth-order valence-corrected chi connectivity index (χ4v) is 1.67. The van der Waals surface area contributed by atoms with E-state index >= 15 is 0 Å². The first-order valence-corrected chi connectivity index (χ1v) is 5.85. The smallest absolute Gasteiger partial charge is 0.335 e. The Balaban J connectivity index is 2.06. The highest BCUT2D eigenvalue weighted by molar-refractivity contribution is 6.30. The third-order valence-corrected chi connectivity index (χ3v) is 2.80. The standard InChI is InChI=1S/C14H10ClFO3/c15-11-2-1-3-12(13(11)16)19-8-9-4-6-10(7-5-9)14(17)18/h1-7H,8H2,(H,17,18). The SMILES string of the molecule is O=C(O)c1ccc(COc2cccc(Cl)c2F)cc1. The van der Waals surface area contributed by atoms with Crippen LogP contribution >= 0.6 is 11.6 Å². The Kier molecular flexibility index (Phi) is 4.02. The van der Waals surface area contributed by atoms with E-state index < -0.39 is 11.8 Å². The Labute approximate surface area is 114 Å². The van der Waals surface area contributed by atoms with Crippen LogP contribution in [0, 0.1) is 5.82 Å². The molecule has 0 fully saturated rings. The summed E-state index contributed by atoms with van der Waals surface area (Å²) in [6.45, 7) is 0.136. The molecule has 0 amide bonds. The Hall–Kier alpha value is -2.07. The summed E-state index contributed by atoms with van der Waals surface area (Å²) in [5.74, 6) is -1.53. The van der Waals surface area contributed by atoms with Crippen LogP contribution in [0.2, 0.25) is 5.02 Å². The quantitative estimate of drug-likeness (QED) is 0.927. The molecule has 0 spiro atoms. The van der Waals surface area contributed by atoms with Gasteiger partial charge in [-0.3, -0.25) is 0 Å². The molecule has 98 valence electrons. The number of halogens is 2. The summed E-state index contributed by atoms with van der Waals surface area (Å²) in [6, 6.07) is 10.7. The van der Waals surface area contributed by atoms with Crippen molar-refractivity contribution >= 4 is 17.6 Å². The molecule has 0 unspecified atom stereocenters. The molecule has 2 rings (SSSR count). The van der Waals surface area contributed by atoms with E-state index in [0.29, 0.717) is 0 Å². The van der Waals surface area contributed by atoms with E-state index in [9.17, 15) is 9.18 Å². The first-order valence-electron chi connectivity index (χ1n) is 5.47. The van der Waals surface area contributed by atoms with E-state index in [2.05, 4.69) is 0 Å². The Morgan fingerprint density at radius 1 is 1.21 bits per heavy atom. The predicted octanol–water partition coefficient (Wildman–Crippen LogP) is 3.76. The lowest BCUT2D eigenvalue weighted by Gasteiger charge is -2.08. The highest BCUT2D eigenvalue weighted by atomic mass is 35.5. The number of ether oxygens (including phenoxy) is 1. The van der Waals surface area contributed by atoms with Crippen LogP contribution in [0.15, 0.2) is 42.5 Å². The van der Waals surface area contributed by atoms with Crippen LogP contribution in [0.3, 0.4) is 0 Å². The number of carboxylic acid groups (broad SMARTS) is 1. The Morgan fingerprint density at radius 2 is 1.89 bits per heavy atom. The van der Waals surface area contributed by atoms with Gasteiger partial charge in [-0.05, 0) is 29.8 Å². The lowest BCUT2D eigenvalue weighted by atomic mass is 10.1. The van der Waals surface area contributed by atoms with E-state index in [1.807, 2.05) is 0 Å². The predicted molar refractivity (Wildman–Crippen MR) is 69.1 cm³/mol. The van der Waals surface area contributed by atoms with Crippen molar-refractivity contribution in [2.45, 2.75) is 6.61 Å². The zero-order valence-corrected chi connectivity index (χ0v) is 10.5. The summed E-state index contributed by atoms with van der Waals surface area (Å²) < 4.78 is 18.8. The van der Waals surface area contributed by atoms with Crippen molar-refractivity contribution < 1.29 is 19.0 Å². The van der Waals surface area contributed by atoms with Gasteiger partial charge in [0.2, 0.25) is 0 Å². The molecule has 1 N–H and O–H groups in total. The molecule has 0 heterocycles. The van der Waals surface area contributed by atoms with Gasteiger partial charge in [0.1, 0.15) is 6.61 Å². The van der Waals surface area contributed by atoms with Gasteiger partial charge in [0.05, 0.1) is 10.6 Å². The number of carbonyl (C=O) groups is 1. The van der Waals surface area contributed by atoms with Gasteiger partial charge >= 0.3 is 5.97 Å². The summed E-state index contributed by atoms with van der Waals surface area (Å²) in [5.41, 5.74) is 0.932. The zero-order chi connectivity index (χ0) is 13.8. The number of aromatic carboxylic acids is 1. The van der Waals surface area contributed by atoms with Crippen molar-refractivity contribution in [3.8, 4) is 5.75 Å². The van der Waals surface area contributed by atoms with Gasteiger partial charge in [-0.15, -0.1) is 0 Å². The maximum atomic E-state index is 13.5. The summed E-state index contributed by atoms with van der Waals surface area (Å²) in [7, 11) is 0. The molecule has 0 aliphatic heterocycles. The number of benzene rings is 2. The minimum atomic E-state index is -0.992. The minimum absolute atomic E-state index is 0.00118. The number of carboxylic acids is 1. The lowest BCUT2D eigenvalue weighted by Crippen LogP contribution is -2.00. The van der Waals surface area contributed by atoms with E-state index in [0.717, 1.165) is 5.56 Å². The molecule has 0 saturated carbocycles. The van der Waals surface area contributed by atoms with Crippen molar-refractivity contribution in [1.82, 2.24) is 0 Å². The fourth-order valence-electron chi connectivity index (χ4n) is 1.50. The second-order valence-corrected chi connectivity index (χ2v) is 4.25. The van der Waals surface area contributed by atoms with Gasteiger partial charge in [0.25, 0.3) is 0 Å². The average Bonchev–Trinajstić information content (AvgIpc) is 2.41. The second-order valence-electron chi connectivity index (χ2n) is 3.84. The topological polar surface area (TPSA) is 46.5 Å². The first-order chi connectivity index (χ1) is 9.08. The largest absolute Gasteiger partial charge is 0.486 e. The molecule has 0 bridgehead atoms. The van der Waals surface area contributed by atoms with Gasteiger partial charge in [-0.2, -0.15) is 0 Å². The van der Waals surface area contributed by atoms with Gasteiger partial charge in [-0.25, -0.2) is 9.18 Å². The molecular weight excluding hydrogens is 271 g/mol. The molecule has 5 heteroatoms. The minimum Gasteiger partial charge on any atom is -0.486 e.